The quantitative estimate of drug-likeness (QED) is 0.805. The Labute approximate surface area is 151 Å². The van der Waals surface area contributed by atoms with Crippen LogP contribution in [0.4, 0.5) is 0 Å². The number of nitrogens with one attached hydrogen (secondary N) is 1. The minimum Gasteiger partial charge on any atom is -0.508 e. The maximum absolute atomic E-state index is 12.6. The van der Waals surface area contributed by atoms with Crippen LogP contribution in [-0.4, -0.2) is 50.9 Å². The molecule has 1 aliphatic heterocycles. The van der Waals surface area contributed by atoms with E-state index in [1.165, 1.54) is 11.8 Å². The van der Waals surface area contributed by atoms with Crippen LogP contribution in [0.2, 0.25) is 0 Å². The van der Waals surface area contributed by atoms with Crippen LogP contribution in [0.25, 0.3) is 0 Å². The number of piperazine rings is 1. The summed E-state index contributed by atoms with van der Waals surface area (Å²) in [5.74, 6) is 1.63. The van der Waals surface area contributed by atoms with Gasteiger partial charge in [-0.25, -0.2) is 4.98 Å². The van der Waals surface area contributed by atoms with E-state index in [0.29, 0.717) is 12.3 Å². The zero-order valence-electron chi connectivity index (χ0n) is 13.4. The largest absolute Gasteiger partial charge is 0.508 e. The summed E-state index contributed by atoms with van der Waals surface area (Å²) in [6.07, 6.45) is 3.66. The molecule has 2 aromatic rings. The number of phenolic OH excluding ortho intramolecular Hbond substituents is 1. The summed E-state index contributed by atoms with van der Waals surface area (Å²) in [5, 5.41) is 12.6. The number of carbonyl (C=O) groups is 1. The third-order valence-electron chi connectivity index (χ3n) is 3.92. The van der Waals surface area contributed by atoms with Crippen LogP contribution in [0.3, 0.4) is 0 Å². The average Bonchev–Trinajstić information content (AvgIpc) is 3.00. The SMILES string of the molecule is Cl.Cn1ccnc1C1CNCCN1C(=O)CSc1ccc(O)cc1. The lowest BCUT2D eigenvalue weighted by atomic mass is 10.1. The van der Waals surface area contributed by atoms with E-state index in [-0.39, 0.29) is 30.1 Å². The van der Waals surface area contributed by atoms with Crippen molar-refractivity contribution < 1.29 is 9.90 Å². The molecule has 0 bridgehead atoms. The lowest BCUT2D eigenvalue weighted by molar-refractivity contribution is -0.131. The second-order valence-electron chi connectivity index (χ2n) is 5.49. The van der Waals surface area contributed by atoms with Gasteiger partial charge < -0.3 is 19.9 Å². The zero-order chi connectivity index (χ0) is 16.2. The molecule has 1 amide bonds. The summed E-state index contributed by atoms with van der Waals surface area (Å²) in [4.78, 5) is 19.9. The molecule has 3 rings (SSSR count). The number of phenols is 1. The van der Waals surface area contributed by atoms with Crippen molar-refractivity contribution >= 4 is 30.1 Å². The van der Waals surface area contributed by atoms with Crippen LogP contribution in [0.15, 0.2) is 41.6 Å². The third-order valence-corrected chi connectivity index (χ3v) is 4.92. The molecule has 1 fully saturated rings. The highest BCUT2D eigenvalue weighted by atomic mass is 35.5. The van der Waals surface area contributed by atoms with Crippen molar-refractivity contribution in [2.75, 3.05) is 25.4 Å². The van der Waals surface area contributed by atoms with Crippen LogP contribution >= 0.6 is 24.2 Å². The molecule has 1 aliphatic rings. The van der Waals surface area contributed by atoms with Gasteiger partial charge in [0.2, 0.25) is 5.91 Å². The van der Waals surface area contributed by atoms with Crippen LogP contribution in [0.1, 0.15) is 11.9 Å². The van der Waals surface area contributed by atoms with E-state index in [0.717, 1.165) is 23.8 Å². The first-order valence-electron chi connectivity index (χ1n) is 7.54. The summed E-state index contributed by atoms with van der Waals surface area (Å²) in [7, 11) is 1.95. The zero-order valence-corrected chi connectivity index (χ0v) is 15.0. The number of carbonyl (C=O) groups excluding carboxylic acids is 1. The van der Waals surface area contributed by atoms with Gasteiger partial charge in [-0.2, -0.15) is 0 Å². The van der Waals surface area contributed by atoms with Gasteiger partial charge in [0.05, 0.1) is 5.75 Å². The smallest absolute Gasteiger partial charge is 0.233 e. The first-order valence-corrected chi connectivity index (χ1v) is 8.53. The Morgan fingerprint density at radius 3 is 2.83 bits per heavy atom. The fraction of sp³-hybridized carbons (Fsp3) is 0.375. The molecule has 1 aromatic carbocycles. The number of rotatable bonds is 4. The number of benzene rings is 1. The third kappa shape index (κ3) is 4.23. The fourth-order valence-corrected chi connectivity index (χ4v) is 3.49. The number of imidazole rings is 1. The Bertz CT molecular complexity index is 677. The molecule has 1 unspecified atom stereocenters. The minimum absolute atomic E-state index is 0. The van der Waals surface area contributed by atoms with Crippen molar-refractivity contribution in [2.24, 2.45) is 7.05 Å². The van der Waals surface area contributed by atoms with Gasteiger partial charge in [-0.1, -0.05) is 0 Å². The van der Waals surface area contributed by atoms with Crippen molar-refractivity contribution in [3.8, 4) is 5.75 Å². The van der Waals surface area contributed by atoms with E-state index in [1.54, 1.807) is 18.3 Å². The Balaban J connectivity index is 0.00000208. The molecule has 1 saturated heterocycles. The van der Waals surface area contributed by atoms with Gasteiger partial charge in [0.1, 0.15) is 17.6 Å². The van der Waals surface area contributed by atoms with E-state index in [2.05, 4.69) is 10.3 Å². The molecule has 130 valence electrons. The van der Waals surface area contributed by atoms with Crippen LogP contribution in [-0.2, 0) is 11.8 Å². The number of nitrogens with zero attached hydrogens (tertiary/aromatic N) is 3. The molecule has 8 heteroatoms. The number of aryl methyl sites for hydroxylation is 1. The summed E-state index contributed by atoms with van der Waals surface area (Å²) in [6, 6.07) is 6.88. The minimum atomic E-state index is -0.0309. The molecule has 1 aromatic heterocycles. The maximum atomic E-state index is 12.6. The molecule has 0 spiro atoms. The van der Waals surface area contributed by atoms with Crippen molar-refractivity contribution in [1.82, 2.24) is 19.8 Å². The van der Waals surface area contributed by atoms with Crippen LogP contribution < -0.4 is 5.32 Å². The average molecular weight is 369 g/mol. The number of hydrogen-bond acceptors (Lipinski definition) is 5. The van der Waals surface area contributed by atoms with Crippen molar-refractivity contribution in [2.45, 2.75) is 10.9 Å². The molecule has 1 atom stereocenters. The molecule has 0 aliphatic carbocycles. The Hall–Kier alpha value is -1.70. The molecular formula is C16H21ClN4O2S. The summed E-state index contributed by atoms with van der Waals surface area (Å²) >= 11 is 1.48. The molecular weight excluding hydrogens is 348 g/mol. The molecule has 0 saturated carbocycles. The Kier molecular flexibility index (Phi) is 6.53. The molecule has 2 heterocycles. The number of aromatic hydroxyl groups is 1. The Morgan fingerprint density at radius 2 is 2.17 bits per heavy atom. The highest BCUT2D eigenvalue weighted by molar-refractivity contribution is 8.00. The maximum Gasteiger partial charge on any atom is 0.233 e. The normalized spacial score (nSPS) is 17.4. The van der Waals surface area contributed by atoms with Crippen molar-refractivity contribution in [3.05, 3.63) is 42.5 Å². The standard InChI is InChI=1S/C16H20N4O2S.ClH/c1-19-8-7-18-16(19)14-10-17-6-9-20(14)15(22)11-23-13-4-2-12(21)3-5-13;/h2-5,7-8,14,17,21H,6,9-11H2,1H3;1H. The van der Waals surface area contributed by atoms with E-state index in [9.17, 15) is 9.90 Å². The van der Waals surface area contributed by atoms with Gasteiger partial charge in [0.25, 0.3) is 0 Å². The number of hydrogen-bond donors (Lipinski definition) is 2. The second kappa shape index (κ2) is 8.41. The first kappa shape index (κ1) is 18.6. The van der Waals surface area contributed by atoms with E-state index in [4.69, 9.17) is 0 Å². The molecule has 24 heavy (non-hydrogen) atoms. The summed E-state index contributed by atoms with van der Waals surface area (Å²) in [6.45, 7) is 2.21. The topological polar surface area (TPSA) is 70.4 Å². The van der Waals surface area contributed by atoms with Gasteiger partial charge >= 0.3 is 0 Å². The fourth-order valence-electron chi connectivity index (χ4n) is 2.70. The Morgan fingerprint density at radius 1 is 1.42 bits per heavy atom. The van der Waals surface area contributed by atoms with Gasteiger partial charge in [0.15, 0.2) is 0 Å². The number of thioether (sulfide) groups is 1. The van der Waals surface area contributed by atoms with E-state index >= 15 is 0 Å². The van der Waals surface area contributed by atoms with Crippen molar-refractivity contribution in [1.29, 1.82) is 0 Å². The molecule has 6 nitrogen and oxygen atoms in total. The highest BCUT2D eigenvalue weighted by Crippen LogP contribution is 2.24. The van der Waals surface area contributed by atoms with Gasteiger partial charge in [-0.05, 0) is 24.3 Å². The molecule has 2 N–H and O–H groups in total. The lowest BCUT2D eigenvalue weighted by Gasteiger charge is -2.35. The predicted molar refractivity (Wildman–Crippen MR) is 96.6 cm³/mol. The lowest BCUT2D eigenvalue weighted by Crippen LogP contribution is -2.50. The highest BCUT2D eigenvalue weighted by Gasteiger charge is 2.30. The van der Waals surface area contributed by atoms with Gasteiger partial charge in [-0.3, -0.25) is 4.79 Å². The van der Waals surface area contributed by atoms with E-state index < -0.39 is 0 Å². The first-order chi connectivity index (χ1) is 11.1. The monoisotopic (exact) mass is 368 g/mol. The van der Waals surface area contributed by atoms with Crippen LogP contribution in [0, 0.1) is 0 Å². The van der Waals surface area contributed by atoms with E-state index in [1.807, 2.05) is 34.8 Å². The number of amides is 1. The summed E-state index contributed by atoms with van der Waals surface area (Å²) in [5.41, 5.74) is 0. The van der Waals surface area contributed by atoms with Gasteiger partial charge in [0, 0.05) is 44.0 Å². The van der Waals surface area contributed by atoms with Gasteiger partial charge in [-0.15, -0.1) is 24.2 Å². The second-order valence-corrected chi connectivity index (χ2v) is 6.53. The van der Waals surface area contributed by atoms with Crippen molar-refractivity contribution in [3.63, 3.8) is 0 Å². The number of halogens is 1. The molecule has 0 radical (unpaired) electrons. The predicted octanol–water partition coefficient (Wildman–Crippen LogP) is 1.81. The summed E-state index contributed by atoms with van der Waals surface area (Å²) < 4.78 is 1.96. The van der Waals surface area contributed by atoms with Crippen LogP contribution in [0.5, 0.6) is 5.75 Å². The number of aromatic nitrogens is 2.